The Morgan fingerprint density at radius 3 is 2.26 bits per heavy atom. The number of hydrogen-bond donors (Lipinski definition) is 2. The molecule has 106 valence electrons. The first-order valence-electron chi connectivity index (χ1n) is 5.77. The largest absolute Gasteiger partial charge is 0.465 e. The van der Waals surface area contributed by atoms with E-state index in [0.717, 1.165) is 4.90 Å². The van der Waals surface area contributed by atoms with E-state index in [1.807, 2.05) is 0 Å². The summed E-state index contributed by atoms with van der Waals surface area (Å²) >= 11 is 0. The Labute approximate surface area is 110 Å². The third-order valence-corrected chi connectivity index (χ3v) is 2.25. The fourth-order valence-corrected chi connectivity index (χ4v) is 1.36. The Morgan fingerprint density at radius 1 is 1.11 bits per heavy atom. The minimum absolute atomic E-state index is 0.214. The van der Waals surface area contributed by atoms with E-state index in [0.29, 0.717) is 13.2 Å². The third-order valence-electron chi connectivity index (χ3n) is 2.25. The molecular formula is C11H16N2O6. The lowest BCUT2D eigenvalue weighted by Gasteiger charge is -2.13. The average Bonchev–Trinajstić information content (AvgIpc) is 2.67. The van der Waals surface area contributed by atoms with Gasteiger partial charge in [0.1, 0.15) is 0 Å². The number of amides is 3. The smallest absolute Gasteiger partial charge is 0.404 e. The van der Waals surface area contributed by atoms with Gasteiger partial charge in [0.15, 0.2) is 0 Å². The zero-order valence-electron chi connectivity index (χ0n) is 10.3. The first-order chi connectivity index (χ1) is 9.11. The van der Waals surface area contributed by atoms with Gasteiger partial charge in [-0.2, -0.15) is 0 Å². The first-order valence-corrected chi connectivity index (χ1v) is 5.77. The maximum atomic E-state index is 11.2. The second kappa shape index (κ2) is 8.22. The van der Waals surface area contributed by atoms with Crippen molar-refractivity contribution in [3.05, 3.63) is 12.2 Å². The third kappa shape index (κ3) is 5.98. The molecule has 1 aliphatic heterocycles. The van der Waals surface area contributed by atoms with Crippen molar-refractivity contribution >= 4 is 17.9 Å². The Kier molecular flexibility index (Phi) is 6.55. The van der Waals surface area contributed by atoms with E-state index in [4.69, 9.17) is 14.6 Å². The molecule has 0 unspecified atom stereocenters. The Bertz CT molecular complexity index is 350. The quantitative estimate of drug-likeness (QED) is 0.421. The van der Waals surface area contributed by atoms with Crippen LogP contribution in [0, 0.1) is 0 Å². The van der Waals surface area contributed by atoms with E-state index in [1.165, 1.54) is 12.2 Å². The summed E-state index contributed by atoms with van der Waals surface area (Å²) in [6, 6.07) is 0. The molecule has 0 aromatic heterocycles. The van der Waals surface area contributed by atoms with Gasteiger partial charge in [0.25, 0.3) is 11.8 Å². The minimum atomic E-state index is -1.09. The van der Waals surface area contributed by atoms with Crippen LogP contribution in [0.2, 0.25) is 0 Å². The lowest BCUT2D eigenvalue weighted by molar-refractivity contribution is -0.137. The highest BCUT2D eigenvalue weighted by molar-refractivity contribution is 6.12. The number of ether oxygens (including phenoxy) is 2. The molecule has 8 nitrogen and oxygen atoms in total. The second-order valence-electron chi connectivity index (χ2n) is 3.62. The molecule has 2 N–H and O–H groups in total. The predicted molar refractivity (Wildman–Crippen MR) is 63.5 cm³/mol. The van der Waals surface area contributed by atoms with E-state index in [9.17, 15) is 14.4 Å². The highest BCUT2D eigenvalue weighted by atomic mass is 16.5. The molecule has 0 bridgehead atoms. The molecule has 0 atom stereocenters. The fraction of sp³-hybridized carbons (Fsp3) is 0.545. The predicted octanol–water partition coefficient (Wildman–Crippen LogP) is -0.788. The van der Waals surface area contributed by atoms with Crippen molar-refractivity contribution in [2.24, 2.45) is 0 Å². The number of nitrogens with zero attached hydrogens (tertiary/aromatic N) is 1. The van der Waals surface area contributed by atoms with Crippen LogP contribution in [0.25, 0.3) is 0 Å². The van der Waals surface area contributed by atoms with Crippen molar-refractivity contribution in [3.63, 3.8) is 0 Å². The molecule has 3 amide bonds. The molecule has 0 saturated heterocycles. The summed E-state index contributed by atoms with van der Waals surface area (Å²) in [5, 5.41) is 10.4. The molecule has 8 heteroatoms. The van der Waals surface area contributed by atoms with E-state index in [-0.39, 0.29) is 38.1 Å². The summed E-state index contributed by atoms with van der Waals surface area (Å²) < 4.78 is 10.3. The summed E-state index contributed by atoms with van der Waals surface area (Å²) in [6.45, 7) is 1.58. The normalized spacial score (nSPS) is 14.2. The number of hydrogen-bond acceptors (Lipinski definition) is 5. The van der Waals surface area contributed by atoms with Crippen LogP contribution in [0.1, 0.15) is 0 Å². The van der Waals surface area contributed by atoms with Crippen LogP contribution < -0.4 is 5.32 Å². The van der Waals surface area contributed by atoms with Gasteiger partial charge in [-0.25, -0.2) is 4.79 Å². The van der Waals surface area contributed by atoms with Gasteiger partial charge in [-0.05, 0) is 0 Å². The van der Waals surface area contributed by atoms with Gasteiger partial charge in [0.05, 0.1) is 33.0 Å². The average molecular weight is 272 g/mol. The molecule has 0 aliphatic carbocycles. The SMILES string of the molecule is O=C(O)NCCOCCOCCN1C(=O)C=CC1=O. The van der Waals surface area contributed by atoms with Crippen LogP contribution in [0.3, 0.4) is 0 Å². The number of carboxylic acid groups (broad SMARTS) is 1. The number of nitrogens with one attached hydrogen (secondary N) is 1. The van der Waals surface area contributed by atoms with Crippen molar-refractivity contribution < 1.29 is 29.0 Å². The van der Waals surface area contributed by atoms with Crippen LogP contribution >= 0.6 is 0 Å². The lowest BCUT2D eigenvalue weighted by atomic mass is 10.5. The van der Waals surface area contributed by atoms with Crippen molar-refractivity contribution in [2.75, 3.05) is 39.5 Å². The highest BCUT2D eigenvalue weighted by Crippen LogP contribution is 2.02. The Hall–Kier alpha value is -1.93. The van der Waals surface area contributed by atoms with Gasteiger partial charge in [-0.1, -0.05) is 0 Å². The fourth-order valence-electron chi connectivity index (χ4n) is 1.36. The molecule has 0 radical (unpaired) electrons. The van der Waals surface area contributed by atoms with E-state index in [1.54, 1.807) is 0 Å². The monoisotopic (exact) mass is 272 g/mol. The summed E-state index contributed by atoms with van der Waals surface area (Å²) in [5.74, 6) is -0.658. The number of rotatable bonds is 9. The van der Waals surface area contributed by atoms with E-state index < -0.39 is 6.09 Å². The van der Waals surface area contributed by atoms with Gasteiger partial charge in [-0.3, -0.25) is 14.5 Å². The molecular weight excluding hydrogens is 256 g/mol. The van der Waals surface area contributed by atoms with Crippen LogP contribution in [0.5, 0.6) is 0 Å². The molecule has 19 heavy (non-hydrogen) atoms. The zero-order chi connectivity index (χ0) is 14.1. The summed E-state index contributed by atoms with van der Waals surface area (Å²) in [4.78, 5) is 33.5. The maximum absolute atomic E-state index is 11.2. The molecule has 0 aromatic carbocycles. The second-order valence-corrected chi connectivity index (χ2v) is 3.62. The van der Waals surface area contributed by atoms with Crippen molar-refractivity contribution in [3.8, 4) is 0 Å². The Balaban J connectivity index is 1.90. The van der Waals surface area contributed by atoms with Crippen molar-refractivity contribution in [2.45, 2.75) is 0 Å². The maximum Gasteiger partial charge on any atom is 0.404 e. The number of carbonyl (C=O) groups is 3. The van der Waals surface area contributed by atoms with Crippen molar-refractivity contribution in [1.82, 2.24) is 10.2 Å². The number of imide groups is 1. The van der Waals surface area contributed by atoms with Gasteiger partial charge >= 0.3 is 6.09 Å². The van der Waals surface area contributed by atoms with Gasteiger partial charge in [0, 0.05) is 18.7 Å². The topological polar surface area (TPSA) is 105 Å². The van der Waals surface area contributed by atoms with Gasteiger partial charge in [0.2, 0.25) is 0 Å². The molecule has 0 spiro atoms. The molecule has 0 aromatic rings. The van der Waals surface area contributed by atoms with E-state index in [2.05, 4.69) is 5.32 Å². The van der Waals surface area contributed by atoms with Crippen LogP contribution in [-0.2, 0) is 19.1 Å². The first kappa shape index (κ1) is 15.1. The van der Waals surface area contributed by atoms with Crippen LogP contribution in [-0.4, -0.2) is 67.4 Å². The minimum Gasteiger partial charge on any atom is -0.465 e. The van der Waals surface area contributed by atoms with Gasteiger partial charge in [-0.15, -0.1) is 0 Å². The summed E-state index contributed by atoms with van der Waals surface area (Å²) in [5.41, 5.74) is 0. The molecule has 1 rings (SSSR count). The summed E-state index contributed by atoms with van der Waals surface area (Å²) in [7, 11) is 0. The molecule has 1 heterocycles. The molecule has 0 saturated carbocycles. The molecule has 0 fully saturated rings. The zero-order valence-corrected chi connectivity index (χ0v) is 10.3. The van der Waals surface area contributed by atoms with Crippen molar-refractivity contribution in [1.29, 1.82) is 0 Å². The number of carbonyl (C=O) groups excluding carboxylic acids is 2. The highest BCUT2D eigenvalue weighted by Gasteiger charge is 2.22. The summed E-state index contributed by atoms with van der Waals surface area (Å²) in [6.07, 6.45) is 1.36. The van der Waals surface area contributed by atoms with E-state index >= 15 is 0 Å². The standard InChI is InChI=1S/C11H16N2O6/c14-9-1-2-10(15)13(9)4-6-19-8-7-18-5-3-12-11(16)17/h1-2,12H,3-8H2,(H,16,17). The van der Waals surface area contributed by atoms with Gasteiger partial charge < -0.3 is 19.9 Å². The van der Waals surface area contributed by atoms with Crippen LogP contribution in [0.15, 0.2) is 12.2 Å². The lowest BCUT2D eigenvalue weighted by Crippen LogP contribution is -2.33. The molecule has 1 aliphatic rings. The van der Waals surface area contributed by atoms with Crippen LogP contribution in [0.4, 0.5) is 4.79 Å². The Morgan fingerprint density at radius 2 is 1.68 bits per heavy atom.